The second-order valence-electron chi connectivity index (χ2n) is 11.0. The van der Waals surface area contributed by atoms with Crippen molar-refractivity contribution in [1.29, 1.82) is 0 Å². The molecule has 7 nitrogen and oxygen atoms in total. The molecule has 4 rings (SSSR count). The van der Waals surface area contributed by atoms with Crippen LogP contribution >= 0.6 is 0 Å². The number of hydrogen-bond acceptors (Lipinski definition) is 4. The van der Waals surface area contributed by atoms with E-state index in [1.807, 2.05) is 91.5 Å². The molecule has 0 spiro atoms. The lowest BCUT2D eigenvalue weighted by Gasteiger charge is -2.36. The minimum atomic E-state index is -0.931. The smallest absolute Gasteiger partial charge is 0.251 e. The number of benzene rings is 3. The molecule has 1 saturated heterocycles. The first-order valence-electron chi connectivity index (χ1n) is 14.0. The molecule has 1 aliphatic heterocycles. The third-order valence-electron chi connectivity index (χ3n) is 7.89. The second-order valence-corrected chi connectivity index (χ2v) is 11.0. The van der Waals surface area contributed by atoms with E-state index in [0.29, 0.717) is 31.5 Å². The molecular weight excluding hydrogens is 502 g/mol. The van der Waals surface area contributed by atoms with Crippen LogP contribution in [-0.2, 0) is 16.0 Å². The lowest BCUT2D eigenvalue weighted by Crippen LogP contribution is -2.48. The van der Waals surface area contributed by atoms with E-state index >= 15 is 0 Å². The van der Waals surface area contributed by atoms with Gasteiger partial charge in [0.15, 0.2) is 0 Å². The molecule has 1 aliphatic rings. The molecule has 0 saturated carbocycles. The van der Waals surface area contributed by atoms with Crippen LogP contribution in [0.1, 0.15) is 49.0 Å². The van der Waals surface area contributed by atoms with Gasteiger partial charge in [-0.25, -0.2) is 5.48 Å². The lowest BCUT2D eigenvalue weighted by atomic mass is 9.67. The minimum Gasteiger partial charge on any atom is -0.352 e. The Kier molecular flexibility index (Phi) is 9.72. The van der Waals surface area contributed by atoms with Crippen molar-refractivity contribution in [2.45, 2.75) is 39.5 Å². The summed E-state index contributed by atoms with van der Waals surface area (Å²) in [5, 5.41) is 12.5. The fourth-order valence-electron chi connectivity index (χ4n) is 5.98. The fourth-order valence-corrected chi connectivity index (χ4v) is 5.98. The first-order valence-corrected chi connectivity index (χ1v) is 14.0. The number of rotatable bonds is 12. The normalized spacial score (nSPS) is 17.6. The van der Waals surface area contributed by atoms with E-state index in [1.54, 1.807) is 17.6 Å². The Labute approximate surface area is 236 Å². The summed E-state index contributed by atoms with van der Waals surface area (Å²) in [4.78, 5) is 41.6. The number of nitrogens with zero attached hydrogens (tertiary/aromatic N) is 1. The van der Waals surface area contributed by atoms with Crippen molar-refractivity contribution in [2.75, 3.05) is 19.6 Å². The number of hydroxylamine groups is 1. The number of hydrogen-bond donors (Lipinski definition) is 3. The molecule has 3 aromatic rings. The molecule has 1 fully saturated rings. The zero-order chi connectivity index (χ0) is 28.5. The molecule has 1 heterocycles. The van der Waals surface area contributed by atoms with Crippen LogP contribution in [-0.4, -0.2) is 47.5 Å². The van der Waals surface area contributed by atoms with E-state index in [-0.39, 0.29) is 30.7 Å². The predicted molar refractivity (Wildman–Crippen MR) is 155 cm³/mol. The molecule has 7 heteroatoms. The molecular formula is C33H39N3O4. The minimum absolute atomic E-state index is 0.0476. The molecule has 0 aliphatic carbocycles. The maximum atomic E-state index is 13.9. The highest BCUT2D eigenvalue weighted by molar-refractivity contribution is 5.95. The van der Waals surface area contributed by atoms with Gasteiger partial charge in [-0.15, -0.1) is 0 Å². The standard InChI is InChI=1S/C33H39N3O4/c1-24(2)23-33(19-22-36(32(33)39)21-18-25-9-5-3-6-10-25)29(31(38)35-40)17-20-34-30(37)28-15-13-27(14-16-28)26-11-7-4-8-12-26/h3-16,24,29,40H,17-23H2,1-2H3,(H,34,37)(H,35,38). The van der Waals surface area contributed by atoms with Crippen molar-refractivity contribution in [3.8, 4) is 11.1 Å². The zero-order valence-corrected chi connectivity index (χ0v) is 23.3. The Balaban J connectivity index is 1.43. The van der Waals surface area contributed by atoms with Crippen LogP contribution in [0.25, 0.3) is 11.1 Å². The Morgan fingerprint density at radius 3 is 2.17 bits per heavy atom. The number of nitrogens with one attached hydrogen (secondary N) is 2. The largest absolute Gasteiger partial charge is 0.352 e. The highest BCUT2D eigenvalue weighted by Gasteiger charge is 2.54. The topological polar surface area (TPSA) is 98.7 Å². The van der Waals surface area contributed by atoms with Gasteiger partial charge in [0.05, 0.1) is 11.3 Å². The summed E-state index contributed by atoms with van der Waals surface area (Å²) in [6, 6.07) is 27.3. The van der Waals surface area contributed by atoms with E-state index in [4.69, 9.17) is 0 Å². The van der Waals surface area contributed by atoms with Gasteiger partial charge in [-0.05, 0) is 60.4 Å². The van der Waals surface area contributed by atoms with E-state index in [0.717, 1.165) is 23.1 Å². The summed E-state index contributed by atoms with van der Waals surface area (Å²) >= 11 is 0. The van der Waals surface area contributed by atoms with Crippen molar-refractivity contribution >= 4 is 17.7 Å². The van der Waals surface area contributed by atoms with Crippen LogP contribution < -0.4 is 10.8 Å². The van der Waals surface area contributed by atoms with Crippen molar-refractivity contribution in [1.82, 2.24) is 15.7 Å². The van der Waals surface area contributed by atoms with Crippen LogP contribution in [0.3, 0.4) is 0 Å². The van der Waals surface area contributed by atoms with Gasteiger partial charge in [0, 0.05) is 25.2 Å². The Bertz CT molecular complexity index is 1280. The van der Waals surface area contributed by atoms with E-state index in [9.17, 15) is 19.6 Å². The summed E-state index contributed by atoms with van der Waals surface area (Å²) in [5.41, 5.74) is 4.63. The monoisotopic (exact) mass is 541 g/mol. The highest BCUT2D eigenvalue weighted by atomic mass is 16.5. The molecule has 210 valence electrons. The Morgan fingerprint density at radius 1 is 0.925 bits per heavy atom. The SMILES string of the molecule is CC(C)CC1(C(CCNC(=O)c2ccc(-c3ccccc3)cc2)C(=O)NO)CCN(CCc2ccccc2)C1=O. The quantitative estimate of drug-likeness (QED) is 0.219. The van der Waals surface area contributed by atoms with E-state index < -0.39 is 17.2 Å². The van der Waals surface area contributed by atoms with Crippen LogP contribution in [0.4, 0.5) is 0 Å². The van der Waals surface area contributed by atoms with E-state index in [1.165, 1.54) is 0 Å². The lowest BCUT2D eigenvalue weighted by molar-refractivity contribution is -0.149. The van der Waals surface area contributed by atoms with E-state index in [2.05, 4.69) is 5.32 Å². The summed E-state index contributed by atoms with van der Waals surface area (Å²) in [6.07, 6.45) is 2.04. The Hall–Kier alpha value is -3.97. The number of likely N-dealkylation sites (tertiary alicyclic amines) is 1. The highest BCUT2D eigenvalue weighted by Crippen LogP contribution is 2.46. The summed E-state index contributed by atoms with van der Waals surface area (Å²) in [6.45, 7) is 5.42. The fraction of sp³-hybridized carbons (Fsp3) is 0.364. The van der Waals surface area contributed by atoms with Gasteiger partial charge in [-0.3, -0.25) is 19.6 Å². The molecule has 2 atom stereocenters. The summed E-state index contributed by atoms with van der Waals surface area (Å²) in [7, 11) is 0. The van der Waals surface area contributed by atoms with Gasteiger partial charge in [-0.1, -0.05) is 86.6 Å². The molecule has 0 aromatic heterocycles. The van der Waals surface area contributed by atoms with Gasteiger partial charge in [0.25, 0.3) is 5.91 Å². The predicted octanol–water partition coefficient (Wildman–Crippen LogP) is 5.10. The summed E-state index contributed by atoms with van der Waals surface area (Å²) in [5.74, 6) is -1.48. The first kappa shape index (κ1) is 29.0. The molecule has 3 N–H and O–H groups in total. The molecule has 0 radical (unpaired) electrons. The second kappa shape index (κ2) is 13.4. The van der Waals surface area contributed by atoms with Gasteiger partial charge in [-0.2, -0.15) is 0 Å². The van der Waals surface area contributed by atoms with Crippen LogP contribution in [0.2, 0.25) is 0 Å². The third kappa shape index (κ3) is 6.77. The number of carbonyl (C=O) groups excluding carboxylic acids is 3. The number of amides is 3. The van der Waals surface area contributed by atoms with Gasteiger partial charge >= 0.3 is 0 Å². The van der Waals surface area contributed by atoms with Crippen molar-refractivity contribution in [3.05, 3.63) is 96.1 Å². The first-order chi connectivity index (χ1) is 19.3. The van der Waals surface area contributed by atoms with Gasteiger partial charge in [0.2, 0.25) is 11.8 Å². The molecule has 40 heavy (non-hydrogen) atoms. The zero-order valence-electron chi connectivity index (χ0n) is 23.3. The molecule has 3 aromatic carbocycles. The third-order valence-corrected chi connectivity index (χ3v) is 7.89. The maximum Gasteiger partial charge on any atom is 0.251 e. The van der Waals surface area contributed by atoms with Crippen molar-refractivity contribution < 1.29 is 19.6 Å². The van der Waals surface area contributed by atoms with Crippen molar-refractivity contribution in [2.24, 2.45) is 17.3 Å². The Morgan fingerprint density at radius 2 is 1.55 bits per heavy atom. The number of carbonyl (C=O) groups is 3. The maximum absolute atomic E-state index is 13.9. The van der Waals surface area contributed by atoms with Crippen molar-refractivity contribution in [3.63, 3.8) is 0 Å². The molecule has 2 unspecified atom stereocenters. The van der Waals surface area contributed by atoms with Gasteiger partial charge in [0.1, 0.15) is 0 Å². The molecule has 3 amide bonds. The summed E-state index contributed by atoms with van der Waals surface area (Å²) < 4.78 is 0. The average Bonchev–Trinajstić information content (AvgIpc) is 3.29. The van der Waals surface area contributed by atoms with Crippen LogP contribution in [0, 0.1) is 17.3 Å². The average molecular weight is 542 g/mol. The van der Waals surface area contributed by atoms with Gasteiger partial charge < -0.3 is 10.2 Å². The van der Waals surface area contributed by atoms with Crippen LogP contribution in [0.5, 0.6) is 0 Å². The molecule has 0 bridgehead atoms. The van der Waals surface area contributed by atoms with Crippen LogP contribution in [0.15, 0.2) is 84.9 Å².